The Kier molecular flexibility index (Phi) is 10.7. The summed E-state index contributed by atoms with van der Waals surface area (Å²) >= 11 is 0. The number of amides is 3. The van der Waals surface area contributed by atoms with Crippen molar-refractivity contribution in [2.45, 2.75) is 58.7 Å². The average molecular weight is 504 g/mol. The summed E-state index contributed by atoms with van der Waals surface area (Å²) in [6.45, 7) is 5.29. The number of rotatable bonds is 12. The molecule has 2 atom stereocenters. The number of benzene rings is 1. The second kappa shape index (κ2) is 13.7. The Morgan fingerprint density at radius 3 is 2.36 bits per heavy atom. The van der Waals surface area contributed by atoms with Crippen molar-refractivity contribution >= 4 is 29.5 Å². The number of anilines is 1. The molecular formula is C24H30FN5O6. The van der Waals surface area contributed by atoms with Crippen molar-refractivity contribution < 1.29 is 28.3 Å². The predicted molar refractivity (Wildman–Crippen MR) is 128 cm³/mol. The van der Waals surface area contributed by atoms with Crippen molar-refractivity contribution in [3.8, 4) is 0 Å². The van der Waals surface area contributed by atoms with Crippen molar-refractivity contribution in [1.29, 1.82) is 0 Å². The fourth-order valence-electron chi connectivity index (χ4n) is 3.09. The van der Waals surface area contributed by atoms with E-state index < -0.39 is 53.1 Å². The Morgan fingerprint density at radius 1 is 1.03 bits per heavy atom. The maximum Gasteiger partial charge on any atom is 0.346 e. The van der Waals surface area contributed by atoms with Crippen LogP contribution in [-0.2, 0) is 30.5 Å². The van der Waals surface area contributed by atoms with Gasteiger partial charge in [0.15, 0.2) is 11.6 Å². The highest BCUT2D eigenvalue weighted by Gasteiger charge is 2.26. The van der Waals surface area contributed by atoms with E-state index in [0.29, 0.717) is 12.6 Å². The Hall–Kier alpha value is -4.09. The van der Waals surface area contributed by atoms with Crippen molar-refractivity contribution in [1.82, 2.24) is 20.6 Å². The fraction of sp³-hybridized carbons (Fsp3) is 0.417. The molecule has 2 rings (SSSR count). The van der Waals surface area contributed by atoms with Crippen LogP contribution >= 0.6 is 0 Å². The van der Waals surface area contributed by atoms with Gasteiger partial charge in [0.25, 0.3) is 0 Å². The zero-order valence-electron chi connectivity index (χ0n) is 20.3. The summed E-state index contributed by atoms with van der Waals surface area (Å²) in [5, 5.41) is 7.20. The van der Waals surface area contributed by atoms with Gasteiger partial charge in [-0.25, -0.2) is 14.0 Å². The van der Waals surface area contributed by atoms with Crippen LogP contribution in [0.4, 0.5) is 10.2 Å². The molecule has 1 aromatic heterocycles. The van der Waals surface area contributed by atoms with Crippen LogP contribution in [0.5, 0.6) is 0 Å². The number of aromatic amines is 1. The molecule has 0 aliphatic heterocycles. The van der Waals surface area contributed by atoms with E-state index >= 15 is 0 Å². The Labute approximate surface area is 207 Å². The summed E-state index contributed by atoms with van der Waals surface area (Å²) in [6.07, 6.45) is 0.375. The fourth-order valence-corrected chi connectivity index (χ4v) is 3.09. The quantitative estimate of drug-likeness (QED) is 0.319. The number of halogens is 1. The van der Waals surface area contributed by atoms with Gasteiger partial charge >= 0.3 is 11.7 Å². The number of nitrogens with zero attached hydrogens (tertiary/aromatic N) is 1. The highest BCUT2D eigenvalue weighted by molar-refractivity contribution is 5.94. The monoisotopic (exact) mass is 503 g/mol. The van der Waals surface area contributed by atoms with Crippen LogP contribution in [0, 0.1) is 11.7 Å². The lowest BCUT2D eigenvalue weighted by molar-refractivity contribution is -0.149. The number of hydrogen-bond acceptors (Lipinski definition) is 7. The zero-order valence-corrected chi connectivity index (χ0v) is 20.3. The number of nitrogens with one attached hydrogen (secondary N) is 4. The maximum absolute atomic E-state index is 13.6. The van der Waals surface area contributed by atoms with Crippen molar-refractivity contribution in [2.75, 3.05) is 5.32 Å². The van der Waals surface area contributed by atoms with Gasteiger partial charge in [-0.3, -0.25) is 19.4 Å². The van der Waals surface area contributed by atoms with Gasteiger partial charge in [-0.15, -0.1) is 0 Å². The number of hydrogen-bond donors (Lipinski definition) is 4. The number of ether oxygens (including phenoxy) is 1. The van der Waals surface area contributed by atoms with Crippen LogP contribution in [0.2, 0.25) is 0 Å². The molecule has 0 fully saturated rings. The van der Waals surface area contributed by atoms with Crippen LogP contribution in [0.15, 0.2) is 41.3 Å². The van der Waals surface area contributed by atoms with E-state index in [1.807, 2.05) is 49.2 Å². The molecule has 3 amide bonds. The first-order valence-electron chi connectivity index (χ1n) is 11.4. The van der Waals surface area contributed by atoms with E-state index in [2.05, 4.69) is 20.9 Å². The third-order valence-corrected chi connectivity index (χ3v) is 4.91. The predicted octanol–water partition coefficient (Wildman–Crippen LogP) is 1.41. The average Bonchev–Trinajstić information content (AvgIpc) is 2.83. The number of carbonyl (C=O) groups is 4. The van der Waals surface area contributed by atoms with Crippen LogP contribution in [0.25, 0.3) is 0 Å². The topological polar surface area (TPSA) is 159 Å². The SMILES string of the molecule is CC(C)C[C@H](NC(=O)[C@H](C)NC(=O)CCC(=O)Nc1[nH]c(=O)ncc1F)C(=O)OCc1ccccc1. The van der Waals surface area contributed by atoms with Gasteiger partial charge in [0, 0.05) is 12.8 Å². The standard InChI is InChI=1S/C24H30FN5O6/c1-14(2)11-18(23(34)36-13-16-7-5-4-6-8-16)28-22(33)15(3)27-19(31)9-10-20(32)29-21-17(25)12-26-24(35)30-21/h4-8,12,14-15,18H,9-11,13H2,1-3H3,(H,27,31)(H,28,33)(H2,26,29,30,32,35)/t15-,18-/m0/s1. The zero-order chi connectivity index (χ0) is 26.7. The minimum absolute atomic E-state index is 0.0653. The van der Waals surface area contributed by atoms with Gasteiger partial charge in [0.1, 0.15) is 18.7 Å². The minimum atomic E-state index is -0.994. The van der Waals surface area contributed by atoms with Crippen LogP contribution in [-0.4, -0.2) is 45.7 Å². The Bertz CT molecular complexity index is 1120. The van der Waals surface area contributed by atoms with Crippen LogP contribution < -0.4 is 21.6 Å². The molecule has 194 valence electrons. The summed E-state index contributed by atoms with van der Waals surface area (Å²) in [5.41, 5.74) is -0.0350. The second-order valence-electron chi connectivity index (χ2n) is 8.53. The molecule has 4 N–H and O–H groups in total. The van der Waals surface area contributed by atoms with Gasteiger partial charge in [-0.05, 0) is 24.8 Å². The largest absolute Gasteiger partial charge is 0.459 e. The molecular weight excluding hydrogens is 473 g/mol. The summed E-state index contributed by atoms with van der Waals surface area (Å²) in [7, 11) is 0. The van der Waals surface area contributed by atoms with Crippen molar-refractivity contribution in [3.05, 3.63) is 58.4 Å². The number of carbonyl (C=O) groups excluding carboxylic acids is 4. The van der Waals surface area contributed by atoms with Crippen molar-refractivity contribution in [3.63, 3.8) is 0 Å². The first-order chi connectivity index (χ1) is 17.0. The molecule has 0 radical (unpaired) electrons. The molecule has 2 aromatic rings. The molecule has 0 aliphatic carbocycles. The lowest BCUT2D eigenvalue weighted by atomic mass is 10.0. The number of aromatic nitrogens is 2. The van der Waals surface area contributed by atoms with Crippen LogP contribution in [0.3, 0.4) is 0 Å². The number of esters is 1. The van der Waals surface area contributed by atoms with Gasteiger partial charge in [0.05, 0.1) is 6.20 Å². The van der Waals surface area contributed by atoms with E-state index in [1.165, 1.54) is 6.92 Å². The molecule has 0 saturated carbocycles. The highest BCUT2D eigenvalue weighted by atomic mass is 19.1. The highest BCUT2D eigenvalue weighted by Crippen LogP contribution is 2.10. The normalized spacial score (nSPS) is 12.4. The van der Waals surface area contributed by atoms with E-state index in [4.69, 9.17) is 4.74 Å². The molecule has 0 spiro atoms. The Morgan fingerprint density at radius 2 is 1.69 bits per heavy atom. The summed E-state index contributed by atoms with van der Waals surface area (Å²) in [5.74, 6) is -3.81. The third kappa shape index (κ3) is 9.65. The molecule has 36 heavy (non-hydrogen) atoms. The summed E-state index contributed by atoms with van der Waals surface area (Å²) in [6, 6.07) is 7.22. The van der Waals surface area contributed by atoms with Gasteiger partial charge in [-0.2, -0.15) is 4.98 Å². The van der Waals surface area contributed by atoms with E-state index in [9.17, 15) is 28.4 Å². The minimum Gasteiger partial charge on any atom is -0.459 e. The van der Waals surface area contributed by atoms with Gasteiger partial charge in [0.2, 0.25) is 17.7 Å². The van der Waals surface area contributed by atoms with Gasteiger partial charge in [-0.1, -0.05) is 44.2 Å². The molecule has 12 heteroatoms. The lowest BCUT2D eigenvalue weighted by Gasteiger charge is -2.22. The molecule has 11 nitrogen and oxygen atoms in total. The molecule has 1 aromatic carbocycles. The van der Waals surface area contributed by atoms with E-state index in [-0.39, 0.29) is 25.4 Å². The van der Waals surface area contributed by atoms with Crippen LogP contribution in [0.1, 0.15) is 45.6 Å². The molecule has 0 saturated heterocycles. The first-order valence-corrected chi connectivity index (χ1v) is 11.4. The third-order valence-electron chi connectivity index (χ3n) is 4.91. The van der Waals surface area contributed by atoms with E-state index in [1.54, 1.807) is 0 Å². The second-order valence-corrected chi connectivity index (χ2v) is 8.53. The Balaban J connectivity index is 1.83. The maximum atomic E-state index is 13.6. The summed E-state index contributed by atoms with van der Waals surface area (Å²) in [4.78, 5) is 65.7. The molecule has 1 heterocycles. The van der Waals surface area contributed by atoms with E-state index in [0.717, 1.165) is 5.56 Å². The smallest absolute Gasteiger partial charge is 0.346 e. The molecule has 0 bridgehead atoms. The summed E-state index contributed by atoms with van der Waals surface area (Å²) < 4.78 is 18.9. The lowest BCUT2D eigenvalue weighted by Crippen LogP contribution is -2.51. The number of H-pyrrole nitrogens is 1. The molecule has 0 aliphatic rings. The first kappa shape index (κ1) is 28.1. The van der Waals surface area contributed by atoms with Gasteiger partial charge < -0.3 is 20.7 Å². The molecule has 0 unspecified atom stereocenters. The van der Waals surface area contributed by atoms with Crippen molar-refractivity contribution in [2.24, 2.45) is 5.92 Å².